The Morgan fingerprint density at radius 3 is 2.96 bits per heavy atom. The van der Waals surface area contributed by atoms with E-state index in [4.69, 9.17) is 21.6 Å². The third-order valence-electron chi connectivity index (χ3n) is 4.39. The molecule has 0 spiro atoms. The lowest BCUT2D eigenvalue weighted by molar-refractivity contribution is -0.0510. The molecule has 0 bridgehead atoms. The first kappa shape index (κ1) is 19.0. The van der Waals surface area contributed by atoms with Gasteiger partial charge in [-0.05, 0) is 31.0 Å². The molecule has 2 aliphatic rings. The SMILES string of the molecule is CC1(NSc2c(Cl)c(C(=O)Nc3cc(F)nc(C#N)c3)n3c2C=CC3)COC1. The van der Waals surface area contributed by atoms with Crippen LogP contribution in [0.5, 0.6) is 0 Å². The van der Waals surface area contributed by atoms with Gasteiger partial charge in [-0.3, -0.25) is 4.79 Å². The van der Waals surface area contributed by atoms with E-state index in [1.807, 2.05) is 19.1 Å². The summed E-state index contributed by atoms with van der Waals surface area (Å²) in [5.41, 5.74) is 0.972. The lowest BCUT2D eigenvalue weighted by atomic mass is 10.0. The molecule has 4 heterocycles. The second-order valence-electron chi connectivity index (χ2n) is 6.78. The number of halogens is 2. The molecule has 28 heavy (non-hydrogen) atoms. The fourth-order valence-corrected chi connectivity index (χ4v) is 4.32. The largest absolute Gasteiger partial charge is 0.377 e. The smallest absolute Gasteiger partial charge is 0.273 e. The normalized spacial score (nSPS) is 16.4. The van der Waals surface area contributed by atoms with Gasteiger partial charge in [0.2, 0.25) is 5.95 Å². The van der Waals surface area contributed by atoms with Crippen molar-refractivity contribution in [3.63, 3.8) is 0 Å². The Morgan fingerprint density at radius 2 is 2.29 bits per heavy atom. The second kappa shape index (κ2) is 7.22. The Balaban J connectivity index is 1.61. The van der Waals surface area contributed by atoms with Gasteiger partial charge in [0.25, 0.3) is 5.91 Å². The number of carbonyl (C=O) groups excluding carboxylic acids is 1. The van der Waals surface area contributed by atoms with E-state index in [2.05, 4.69) is 15.0 Å². The Labute approximate surface area is 169 Å². The van der Waals surface area contributed by atoms with E-state index in [-0.39, 0.29) is 22.6 Å². The van der Waals surface area contributed by atoms with E-state index < -0.39 is 11.9 Å². The summed E-state index contributed by atoms with van der Waals surface area (Å²) in [6.45, 7) is 3.76. The molecule has 144 valence electrons. The van der Waals surface area contributed by atoms with Gasteiger partial charge in [0, 0.05) is 18.3 Å². The molecule has 2 aromatic heterocycles. The molecule has 0 atom stereocenters. The van der Waals surface area contributed by atoms with Crippen LogP contribution in [0.3, 0.4) is 0 Å². The van der Waals surface area contributed by atoms with Crippen LogP contribution >= 0.6 is 23.5 Å². The van der Waals surface area contributed by atoms with Crippen LogP contribution in [-0.4, -0.2) is 34.2 Å². The summed E-state index contributed by atoms with van der Waals surface area (Å²) in [6.07, 6.45) is 3.84. The average Bonchev–Trinajstić information content (AvgIpc) is 3.18. The Kier molecular flexibility index (Phi) is 4.89. The predicted octanol–water partition coefficient (Wildman–Crippen LogP) is 3.21. The van der Waals surface area contributed by atoms with E-state index in [1.54, 1.807) is 10.6 Å². The first-order valence-electron chi connectivity index (χ1n) is 8.39. The van der Waals surface area contributed by atoms with Crippen molar-refractivity contribution in [2.45, 2.75) is 23.9 Å². The van der Waals surface area contributed by atoms with Crippen LogP contribution in [0.15, 0.2) is 23.1 Å². The number of aromatic nitrogens is 2. The van der Waals surface area contributed by atoms with Crippen LogP contribution in [0.4, 0.5) is 10.1 Å². The van der Waals surface area contributed by atoms with Crippen LogP contribution in [0.2, 0.25) is 5.02 Å². The van der Waals surface area contributed by atoms with Crippen LogP contribution in [-0.2, 0) is 11.3 Å². The van der Waals surface area contributed by atoms with Crippen molar-refractivity contribution in [2.75, 3.05) is 18.5 Å². The molecule has 2 N–H and O–H groups in total. The minimum absolute atomic E-state index is 0.125. The Morgan fingerprint density at radius 1 is 1.50 bits per heavy atom. The van der Waals surface area contributed by atoms with E-state index >= 15 is 0 Å². The molecule has 0 aliphatic carbocycles. The standard InChI is InChI=1S/C18H15ClFN5O2S/c1-18(8-27-9-18)24-28-16-12-3-2-4-25(12)15(14(16)19)17(26)23-10-5-11(7-21)22-13(20)6-10/h2-3,5-6,24H,4,8-9H2,1H3,(H,22,23,26). The van der Waals surface area contributed by atoms with Crippen molar-refractivity contribution in [3.8, 4) is 6.07 Å². The zero-order valence-electron chi connectivity index (χ0n) is 14.8. The number of hydrogen-bond donors (Lipinski definition) is 2. The number of fused-ring (bicyclic) bond motifs is 1. The number of nitriles is 1. The van der Waals surface area contributed by atoms with Crippen molar-refractivity contribution in [2.24, 2.45) is 0 Å². The maximum atomic E-state index is 13.5. The van der Waals surface area contributed by atoms with Gasteiger partial charge >= 0.3 is 0 Å². The molecule has 4 rings (SSSR count). The molecule has 0 unspecified atom stereocenters. The Bertz CT molecular complexity index is 1040. The van der Waals surface area contributed by atoms with Crippen molar-refractivity contribution in [1.82, 2.24) is 14.3 Å². The van der Waals surface area contributed by atoms with Crippen LogP contribution < -0.4 is 10.0 Å². The first-order valence-corrected chi connectivity index (χ1v) is 9.59. The van der Waals surface area contributed by atoms with E-state index in [9.17, 15) is 9.18 Å². The Hall–Kier alpha value is -2.38. The summed E-state index contributed by atoms with van der Waals surface area (Å²) in [4.78, 5) is 17.0. The maximum Gasteiger partial charge on any atom is 0.273 e. The van der Waals surface area contributed by atoms with Gasteiger partial charge in [-0.2, -0.15) is 9.65 Å². The summed E-state index contributed by atoms with van der Waals surface area (Å²) >= 11 is 7.90. The minimum Gasteiger partial charge on any atom is -0.377 e. The highest BCUT2D eigenvalue weighted by molar-refractivity contribution is 7.97. The molecule has 0 aromatic carbocycles. The van der Waals surface area contributed by atoms with Crippen molar-refractivity contribution in [3.05, 3.63) is 46.3 Å². The molecular formula is C18H15ClFN5O2S. The summed E-state index contributed by atoms with van der Waals surface area (Å²) in [6, 6.07) is 4.10. The fraction of sp³-hybridized carbons (Fsp3) is 0.278. The molecule has 0 radical (unpaired) electrons. The van der Waals surface area contributed by atoms with Crippen molar-refractivity contribution >= 4 is 41.2 Å². The van der Waals surface area contributed by atoms with Crippen LogP contribution in [0, 0.1) is 17.3 Å². The third-order valence-corrected chi connectivity index (χ3v) is 6.08. The molecule has 10 heteroatoms. The highest BCUT2D eigenvalue weighted by Gasteiger charge is 2.35. The number of nitrogens with zero attached hydrogens (tertiary/aromatic N) is 3. The highest BCUT2D eigenvalue weighted by Crippen LogP contribution is 2.39. The summed E-state index contributed by atoms with van der Waals surface area (Å²) in [5.74, 6) is -1.34. The zero-order chi connectivity index (χ0) is 19.9. The zero-order valence-corrected chi connectivity index (χ0v) is 16.3. The number of rotatable bonds is 5. The molecule has 1 amide bonds. The van der Waals surface area contributed by atoms with Crippen molar-refractivity contribution < 1.29 is 13.9 Å². The number of allylic oxidation sites excluding steroid dienone is 1. The molecule has 2 aliphatic heterocycles. The highest BCUT2D eigenvalue weighted by atomic mass is 35.5. The van der Waals surface area contributed by atoms with E-state index in [1.165, 1.54) is 18.0 Å². The third kappa shape index (κ3) is 3.40. The first-order chi connectivity index (χ1) is 13.4. The predicted molar refractivity (Wildman–Crippen MR) is 104 cm³/mol. The van der Waals surface area contributed by atoms with Crippen LogP contribution in [0.25, 0.3) is 6.08 Å². The fourth-order valence-electron chi connectivity index (χ4n) is 2.98. The molecule has 2 aromatic rings. The lowest BCUT2D eigenvalue weighted by Crippen LogP contribution is -2.55. The quantitative estimate of drug-likeness (QED) is 0.571. The van der Waals surface area contributed by atoms with Gasteiger partial charge in [0.1, 0.15) is 17.5 Å². The number of carbonyl (C=O) groups is 1. The van der Waals surface area contributed by atoms with Gasteiger partial charge < -0.3 is 14.6 Å². The van der Waals surface area contributed by atoms with E-state index in [0.29, 0.717) is 24.8 Å². The van der Waals surface area contributed by atoms with Gasteiger partial charge in [0.15, 0.2) is 0 Å². The number of nitrogens with one attached hydrogen (secondary N) is 2. The molecule has 1 saturated heterocycles. The lowest BCUT2D eigenvalue weighted by Gasteiger charge is -2.38. The summed E-state index contributed by atoms with van der Waals surface area (Å²) in [7, 11) is 0. The number of hydrogen-bond acceptors (Lipinski definition) is 6. The van der Waals surface area contributed by atoms with E-state index in [0.717, 1.165) is 16.7 Å². The van der Waals surface area contributed by atoms with Gasteiger partial charge in [-0.15, -0.1) is 0 Å². The van der Waals surface area contributed by atoms with Gasteiger partial charge in [-0.25, -0.2) is 9.71 Å². The minimum atomic E-state index is -0.848. The molecular weight excluding hydrogens is 405 g/mol. The topological polar surface area (TPSA) is 92.0 Å². The summed E-state index contributed by atoms with van der Waals surface area (Å²) in [5, 5.41) is 11.8. The number of ether oxygens (including phenoxy) is 1. The average molecular weight is 420 g/mol. The summed E-state index contributed by atoms with van der Waals surface area (Å²) < 4.78 is 23.9. The number of amides is 1. The van der Waals surface area contributed by atoms with Gasteiger partial charge in [-0.1, -0.05) is 17.7 Å². The second-order valence-corrected chi connectivity index (χ2v) is 7.97. The molecule has 7 nitrogen and oxygen atoms in total. The monoisotopic (exact) mass is 419 g/mol. The van der Waals surface area contributed by atoms with Gasteiger partial charge in [0.05, 0.1) is 34.4 Å². The number of pyridine rings is 1. The molecule has 1 fully saturated rings. The maximum absolute atomic E-state index is 13.5. The van der Waals surface area contributed by atoms with Crippen molar-refractivity contribution in [1.29, 1.82) is 5.26 Å². The van der Waals surface area contributed by atoms with Crippen LogP contribution in [0.1, 0.15) is 28.8 Å². The number of anilines is 1. The molecule has 0 saturated carbocycles.